The van der Waals surface area contributed by atoms with E-state index in [1.807, 2.05) is 6.07 Å². The number of nitriles is 1. The fourth-order valence-electron chi connectivity index (χ4n) is 2.24. The Balaban J connectivity index is 1.64. The third kappa shape index (κ3) is 5.47. The number of carbonyl (C=O) groups excluding carboxylic acids is 2. The Hall–Kier alpha value is -3.64. The van der Waals surface area contributed by atoms with Gasteiger partial charge in [-0.25, -0.2) is 4.85 Å². The van der Waals surface area contributed by atoms with Crippen LogP contribution in [0.2, 0.25) is 0 Å². The van der Waals surface area contributed by atoms with Crippen molar-refractivity contribution < 1.29 is 9.59 Å². The molecular formula is C20H18N4O2. The summed E-state index contributed by atoms with van der Waals surface area (Å²) in [5.41, 5.74) is 2.05. The van der Waals surface area contributed by atoms with Gasteiger partial charge in [0.1, 0.15) is 0 Å². The van der Waals surface area contributed by atoms with E-state index in [2.05, 4.69) is 15.5 Å². The maximum absolute atomic E-state index is 11.9. The standard InChI is InChI=1S/C20H18N4O2/c1-22-18-10-8-17(9-11-18)20(26)24-13-3-2-12-23-19(25)16-6-4-15(14-21)5-7-16/h4-11H,2-3,12-13H2,(H,23,25)(H,24,26). The molecule has 2 amide bonds. The van der Waals surface area contributed by atoms with Crippen LogP contribution in [0.25, 0.3) is 4.85 Å². The van der Waals surface area contributed by atoms with Crippen LogP contribution < -0.4 is 10.6 Å². The largest absolute Gasteiger partial charge is 0.352 e. The molecular weight excluding hydrogens is 328 g/mol. The zero-order valence-corrected chi connectivity index (χ0v) is 14.2. The first kappa shape index (κ1) is 18.7. The van der Waals surface area contributed by atoms with E-state index >= 15 is 0 Å². The summed E-state index contributed by atoms with van der Waals surface area (Å²) in [6, 6.07) is 14.9. The highest BCUT2D eigenvalue weighted by Crippen LogP contribution is 2.12. The molecule has 130 valence electrons. The van der Waals surface area contributed by atoms with Crippen LogP contribution in [-0.4, -0.2) is 24.9 Å². The van der Waals surface area contributed by atoms with Crippen molar-refractivity contribution in [2.75, 3.05) is 13.1 Å². The van der Waals surface area contributed by atoms with Crippen molar-refractivity contribution in [1.29, 1.82) is 5.26 Å². The van der Waals surface area contributed by atoms with E-state index in [0.717, 1.165) is 12.8 Å². The van der Waals surface area contributed by atoms with Gasteiger partial charge in [0.2, 0.25) is 0 Å². The number of amides is 2. The molecule has 2 rings (SSSR count). The zero-order valence-electron chi connectivity index (χ0n) is 14.2. The lowest BCUT2D eigenvalue weighted by atomic mass is 10.1. The molecule has 0 fully saturated rings. The number of nitrogens with zero attached hydrogens (tertiary/aromatic N) is 2. The molecule has 0 aromatic heterocycles. The number of hydrogen-bond donors (Lipinski definition) is 2. The molecule has 0 saturated heterocycles. The Morgan fingerprint density at radius 1 is 0.885 bits per heavy atom. The maximum Gasteiger partial charge on any atom is 0.251 e. The van der Waals surface area contributed by atoms with Crippen LogP contribution in [-0.2, 0) is 0 Å². The van der Waals surface area contributed by atoms with Gasteiger partial charge in [-0.15, -0.1) is 0 Å². The van der Waals surface area contributed by atoms with Crippen LogP contribution in [0, 0.1) is 17.9 Å². The predicted octanol–water partition coefficient (Wildman–Crippen LogP) is 3.05. The first-order valence-electron chi connectivity index (χ1n) is 8.18. The lowest BCUT2D eigenvalue weighted by molar-refractivity contribution is 0.0939. The van der Waals surface area contributed by atoms with E-state index in [0.29, 0.717) is 35.5 Å². The molecule has 26 heavy (non-hydrogen) atoms. The predicted molar refractivity (Wildman–Crippen MR) is 97.8 cm³/mol. The molecule has 0 radical (unpaired) electrons. The summed E-state index contributed by atoms with van der Waals surface area (Å²) in [6.45, 7) is 7.90. The molecule has 2 aromatic carbocycles. The van der Waals surface area contributed by atoms with Gasteiger partial charge in [-0.1, -0.05) is 24.3 Å². The third-order valence-electron chi connectivity index (χ3n) is 3.71. The minimum absolute atomic E-state index is 0.178. The second-order valence-corrected chi connectivity index (χ2v) is 5.57. The van der Waals surface area contributed by atoms with E-state index < -0.39 is 0 Å². The van der Waals surface area contributed by atoms with E-state index in [1.54, 1.807) is 48.5 Å². The van der Waals surface area contributed by atoms with Crippen molar-refractivity contribution in [3.63, 3.8) is 0 Å². The molecule has 2 N–H and O–H groups in total. The molecule has 0 aliphatic rings. The second-order valence-electron chi connectivity index (χ2n) is 5.57. The summed E-state index contributed by atoms with van der Waals surface area (Å²) in [4.78, 5) is 27.2. The fourth-order valence-corrected chi connectivity index (χ4v) is 2.24. The molecule has 0 atom stereocenters. The van der Waals surface area contributed by atoms with Gasteiger partial charge in [0.25, 0.3) is 11.8 Å². The minimum atomic E-state index is -0.182. The highest BCUT2D eigenvalue weighted by Gasteiger charge is 2.06. The van der Waals surface area contributed by atoms with Crippen molar-refractivity contribution >= 4 is 17.5 Å². The van der Waals surface area contributed by atoms with Crippen molar-refractivity contribution in [3.8, 4) is 6.07 Å². The van der Waals surface area contributed by atoms with E-state index in [1.165, 1.54) is 0 Å². The van der Waals surface area contributed by atoms with Gasteiger partial charge in [-0.3, -0.25) is 9.59 Å². The Bertz CT molecular complexity index is 770. The van der Waals surface area contributed by atoms with Crippen LogP contribution in [0.15, 0.2) is 48.5 Å². The van der Waals surface area contributed by atoms with Gasteiger partial charge in [0.05, 0.1) is 18.2 Å². The summed E-state index contributed by atoms with van der Waals surface area (Å²) in [7, 11) is 0. The van der Waals surface area contributed by atoms with Gasteiger partial charge in [0, 0.05) is 24.2 Å². The summed E-state index contributed by atoms with van der Waals surface area (Å²) in [5, 5.41) is 14.3. The summed E-state index contributed by atoms with van der Waals surface area (Å²) in [6.07, 6.45) is 1.47. The molecule has 0 saturated carbocycles. The lowest BCUT2D eigenvalue weighted by Crippen LogP contribution is -2.27. The number of nitrogens with one attached hydrogen (secondary N) is 2. The van der Waals surface area contributed by atoms with Crippen LogP contribution >= 0.6 is 0 Å². The van der Waals surface area contributed by atoms with Crippen LogP contribution in [0.5, 0.6) is 0 Å². The van der Waals surface area contributed by atoms with E-state index in [-0.39, 0.29) is 11.8 Å². The van der Waals surface area contributed by atoms with Crippen molar-refractivity contribution in [3.05, 3.63) is 76.6 Å². The normalized spacial score (nSPS) is 9.62. The molecule has 0 spiro atoms. The topological polar surface area (TPSA) is 86.3 Å². The molecule has 0 bridgehead atoms. The average molecular weight is 346 g/mol. The Morgan fingerprint density at radius 2 is 1.35 bits per heavy atom. The number of rotatable bonds is 7. The quantitative estimate of drug-likeness (QED) is 0.597. The molecule has 0 heterocycles. The Morgan fingerprint density at radius 3 is 1.77 bits per heavy atom. The van der Waals surface area contributed by atoms with Crippen molar-refractivity contribution in [1.82, 2.24) is 10.6 Å². The van der Waals surface area contributed by atoms with Crippen molar-refractivity contribution in [2.24, 2.45) is 0 Å². The first-order valence-corrected chi connectivity index (χ1v) is 8.18. The zero-order chi connectivity index (χ0) is 18.8. The molecule has 6 heteroatoms. The fraction of sp³-hybridized carbons (Fsp3) is 0.200. The summed E-state index contributed by atoms with van der Waals surface area (Å²) >= 11 is 0. The molecule has 2 aromatic rings. The summed E-state index contributed by atoms with van der Waals surface area (Å²) < 4.78 is 0. The highest BCUT2D eigenvalue weighted by molar-refractivity contribution is 5.94. The van der Waals surface area contributed by atoms with Crippen molar-refractivity contribution in [2.45, 2.75) is 12.8 Å². The number of benzene rings is 2. The Kier molecular flexibility index (Phi) is 6.91. The third-order valence-corrected chi connectivity index (χ3v) is 3.71. The first-order chi connectivity index (χ1) is 12.6. The number of hydrogen-bond acceptors (Lipinski definition) is 3. The highest BCUT2D eigenvalue weighted by atomic mass is 16.2. The average Bonchev–Trinajstić information content (AvgIpc) is 2.70. The lowest BCUT2D eigenvalue weighted by Gasteiger charge is -2.07. The number of unbranched alkanes of at least 4 members (excludes halogenated alkanes) is 1. The van der Waals surface area contributed by atoms with Gasteiger partial charge in [0.15, 0.2) is 5.69 Å². The molecule has 0 unspecified atom stereocenters. The molecule has 6 nitrogen and oxygen atoms in total. The maximum atomic E-state index is 11.9. The van der Waals surface area contributed by atoms with Gasteiger partial charge in [-0.2, -0.15) is 5.26 Å². The van der Waals surface area contributed by atoms with Crippen LogP contribution in [0.4, 0.5) is 5.69 Å². The second kappa shape index (κ2) is 9.61. The van der Waals surface area contributed by atoms with Crippen LogP contribution in [0.1, 0.15) is 39.1 Å². The Labute approximate surface area is 152 Å². The molecule has 0 aliphatic carbocycles. The minimum Gasteiger partial charge on any atom is -0.352 e. The van der Waals surface area contributed by atoms with E-state index in [4.69, 9.17) is 11.8 Å². The van der Waals surface area contributed by atoms with Gasteiger partial charge >= 0.3 is 0 Å². The van der Waals surface area contributed by atoms with E-state index in [9.17, 15) is 9.59 Å². The van der Waals surface area contributed by atoms with Crippen LogP contribution in [0.3, 0.4) is 0 Å². The van der Waals surface area contributed by atoms with Gasteiger partial charge in [-0.05, 0) is 37.1 Å². The van der Waals surface area contributed by atoms with Gasteiger partial charge < -0.3 is 10.6 Å². The smallest absolute Gasteiger partial charge is 0.251 e. The number of carbonyl (C=O) groups is 2. The SMILES string of the molecule is [C-]#[N+]c1ccc(C(=O)NCCCCNC(=O)c2ccc(C#N)cc2)cc1. The monoisotopic (exact) mass is 346 g/mol. The molecule has 0 aliphatic heterocycles. The summed E-state index contributed by atoms with van der Waals surface area (Å²) in [5.74, 6) is -0.360.